The van der Waals surface area contributed by atoms with Crippen LogP contribution in [0.3, 0.4) is 0 Å². The number of carbonyl (C=O) groups is 1. The van der Waals surface area contributed by atoms with E-state index in [1.807, 2.05) is 36.4 Å². The average Bonchev–Trinajstić information content (AvgIpc) is 3.09. The zero-order valence-electron chi connectivity index (χ0n) is 14.2. The maximum absolute atomic E-state index is 12.8. The molecule has 2 aromatic carbocycles. The molecule has 2 aromatic rings. The fourth-order valence-electron chi connectivity index (χ4n) is 3.74. The summed E-state index contributed by atoms with van der Waals surface area (Å²) in [5.41, 5.74) is 1.40. The highest BCUT2D eigenvalue weighted by Gasteiger charge is 2.43. The molecule has 0 saturated carbocycles. The number of fused-ring (bicyclic) bond motifs is 1. The van der Waals surface area contributed by atoms with Gasteiger partial charge in [0.05, 0.1) is 13.2 Å². The van der Waals surface area contributed by atoms with E-state index in [1.54, 1.807) is 19.2 Å². The van der Waals surface area contributed by atoms with Crippen molar-refractivity contribution in [1.82, 2.24) is 10.6 Å². The highest BCUT2D eigenvalue weighted by molar-refractivity contribution is 5.94. The van der Waals surface area contributed by atoms with Crippen molar-refractivity contribution >= 4 is 5.91 Å². The molecule has 130 valence electrons. The maximum Gasteiger partial charge on any atom is 0.251 e. The molecule has 5 nitrogen and oxygen atoms in total. The number of benzene rings is 2. The fourth-order valence-corrected chi connectivity index (χ4v) is 3.74. The van der Waals surface area contributed by atoms with Crippen molar-refractivity contribution in [1.29, 1.82) is 0 Å². The highest BCUT2D eigenvalue weighted by Crippen LogP contribution is 2.42. The van der Waals surface area contributed by atoms with Gasteiger partial charge in [0.2, 0.25) is 0 Å². The van der Waals surface area contributed by atoms with Gasteiger partial charge in [0.1, 0.15) is 17.1 Å². The Morgan fingerprint density at radius 3 is 2.96 bits per heavy atom. The van der Waals surface area contributed by atoms with Crippen molar-refractivity contribution < 1.29 is 14.3 Å². The predicted molar refractivity (Wildman–Crippen MR) is 95.1 cm³/mol. The van der Waals surface area contributed by atoms with Crippen LogP contribution in [0.1, 0.15) is 34.8 Å². The lowest BCUT2D eigenvalue weighted by atomic mass is 9.86. The van der Waals surface area contributed by atoms with Crippen molar-refractivity contribution in [3.05, 3.63) is 59.7 Å². The Hall–Kier alpha value is -2.53. The largest absolute Gasteiger partial charge is 0.497 e. The number of para-hydroxylation sites is 1. The molecule has 2 N–H and O–H groups in total. The Bertz CT molecular complexity index is 784. The number of rotatable bonds is 3. The number of hydrogen-bond acceptors (Lipinski definition) is 4. The standard InChI is InChI=1S/C20H22N2O3/c1-24-15-6-4-5-14(11-15)19(23)22-17-12-20(9-10-21-13-20)25-18-8-3-2-7-16(17)18/h2-8,11,17,21H,9-10,12-13H2,1H3,(H,22,23). The van der Waals surface area contributed by atoms with Gasteiger partial charge in [-0.05, 0) is 30.8 Å². The van der Waals surface area contributed by atoms with E-state index in [0.29, 0.717) is 11.3 Å². The molecule has 2 heterocycles. The van der Waals surface area contributed by atoms with E-state index >= 15 is 0 Å². The van der Waals surface area contributed by atoms with Gasteiger partial charge in [0, 0.05) is 30.5 Å². The SMILES string of the molecule is COc1cccc(C(=O)NC2CC3(CCNC3)Oc3ccccc32)c1. The first-order valence-corrected chi connectivity index (χ1v) is 8.63. The third kappa shape index (κ3) is 3.07. The van der Waals surface area contributed by atoms with Gasteiger partial charge in [0.15, 0.2) is 0 Å². The zero-order valence-corrected chi connectivity index (χ0v) is 14.2. The summed E-state index contributed by atoms with van der Waals surface area (Å²) in [7, 11) is 1.60. The summed E-state index contributed by atoms with van der Waals surface area (Å²) in [5, 5.41) is 6.57. The van der Waals surface area contributed by atoms with Crippen LogP contribution in [0.5, 0.6) is 11.5 Å². The highest BCUT2D eigenvalue weighted by atomic mass is 16.5. The zero-order chi connectivity index (χ0) is 17.3. The first-order valence-electron chi connectivity index (χ1n) is 8.63. The van der Waals surface area contributed by atoms with Crippen molar-refractivity contribution in [2.24, 2.45) is 0 Å². The Balaban J connectivity index is 1.61. The number of nitrogens with one attached hydrogen (secondary N) is 2. The van der Waals surface area contributed by atoms with Gasteiger partial charge in [-0.25, -0.2) is 0 Å². The molecule has 2 unspecified atom stereocenters. The lowest BCUT2D eigenvalue weighted by Crippen LogP contribution is -2.46. The molecule has 0 radical (unpaired) electrons. The molecule has 2 aliphatic heterocycles. The van der Waals surface area contributed by atoms with Gasteiger partial charge >= 0.3 is 0 Å². The summed E-state index contributed by atoms with van der Waals surface area (Å²) in [4.78, 5) is 12.8. The third-order valence-corrected chi connectivity index (χ3v) is 5.04. The van der Waals surface area contributed by atoms with Crippen molar-refractivity contribution in [3.8, 4) is 11.5 Å². The van der Waals surface area contributed by atoms with Gasteiger partial charge < -0.3 is 20.1 Å². The quantitative estimate of drug-likeness (QED) is 0.903. The van der Waals surface area contributed by atoms with Crippen LogP contribution in [-0.4, -0.2) is 31.7 Å². The number of amides is 1. The molecule has 1 saturated heterocycles. The summed E-state index contributed by atoms with van der Waals surface area (Å²) in [5.74, 6) is 1.45. The predicted octanol–water partition coefficient (Wildman–Crippen LogP) is 2.68. The van der Waals surface area contributed by atoms with E-state index in [9.17, 15) is 4.79 Å². The van der Waals surface area contributed by atoms with Crippen LogP contribution in [0, 0.1) is 0 Å². The van der Waals surface area contributed by atoms with Crippen molar-refractivity contribution in [2.45, 2.75) is 24.5 Å². The van der Waals surface area contributed by atoms with Crippen LogP contribution < -0.4 is 20.1 Å². The van der Waals surface area contributed by atoms with Crippen LogP contribution in [-0.2, 0) is 0 Å². The van der Waals surface area contributed by atoms with Gasteiger partial charge in [-0.3, -0.25) is 4.79 Å². The summed E-state index contributed by atoms with van der Waals surface area (Å²) in [6, 6.07) is 15.1. The normalized spacial score (nSPS) is 24.4. The summed E-state index contributed by atoms with van der Waals surface area (Å²) >= 11 is 0. The van der Waals surface area contributed by atoms with Crippen LogP contribution in [0.2, 0.25) is 0 Å². The monoisotopic (exact) mass is 338 g/mol. The second kappa shape index (κ2) is 6.41. The molecule has 1 fully saturated rings. The topological polar surface area (TPSA) is 59.6 Å². The molecule has 0 aromatic heterocycles. The fraction of sp³-hybridized carbons (Fsp3) is 0.350. The second-order valence-electron chi connectivity index (χ2n) is 6.71. The smallest absolute Gasteiger partial charge is 0.251 e. The molecule has 1 amide bonds. The molecule has 4 rings (SSSR count). The van der Waals surface area contributed by atoms with Gasteiger partial charge in [-0.15, -0.1) is 0 Å². The van der Waals surface area contributed by atoms with E-state index in [4.69, 9.17) is 9.47 Å². The van der Waals surface area contributed by atoms with Gasteiger partial charge in [-0.2, -0.15) is 0 Å². The average molecular weight is 338 g/mol. The Morgan fingerprint density at radius 1 is 1.28 bits per heavy atom. The molecule has 5 heteroatoms. The minimum atomic E-state index is -0.235. The Labute approximate surface area is 147 Å². The van der Waals surface area contributed by atoms with Crippen LogP contribution >= 0.6 is 0 Å². The van der Waals surface area contributed by atoms with Crippen LogP contribution in [0.25, 0.3) is 0 Å². The van der Waals surface area contributed by atoms with E-state index in [2.05, 4.69) is 10.6 Å². The Morgan fingerprint density at radius 2 is 2.16 bits per heavy atom. The third-order valence-electron chi connectivity index (χ3n) is 5.04. The minimum Gasteiger partial charge on any atom is -0.497 e. The number of hydrogen-bond donors (Lipinski definition) is 2. The van der Waals surface area contributed by atoms with E-state index in [-0.39, 0.29) is 17.6 Å². The summed E-state index contributed by atoms with van der Waals surface area (Å²) in [6.45, 7) is 1.76. The lowest BCUT2D eigenvalue weighted by Gasteiger charge is -2.39. The molecular weight excluding hydrogens is 316 g/mol. The molecule has 0 aliphatic carbocycles. The van der Waals surface area contributed by atoms with Crippen LogP contribution in [0.4, 0.5) is 0 Å². The minimum absolute atomic E-state index is 0.0662. The van der Waals surface area contributed by atoms with Crippen molar-refractivity contribution in [2.75, 3.05) is 20.2 Å². The Kier molecular flexibility index (Phi) is 4.09. The summed E-state index contributed by atoms with van der Waals surface area (Å²) < 4.78 is 11.5. The number of methoxy groups -OCH3 is 1. The van der Waals surface area contributed by atoms with Gasteiger partial charge in [-0.1, -0.05) is 24.3 Å². The van der Waals surface area contributed by atoms with Gasteiger partial charge in [0.25, 0.3) is 5.91 Å². The van der Waals surface area contributed by atoms with E-state index in [1.165, 1.54) is 0 Å². The van der Waals surface area contributed by atoms with E-state index < -0.39 is 0 Å². The molecule has 25 heavy (non-hydrogen) atoms. The molecule has 2 aliphatic rings. The molecule has 2 atom stereocenters. The lowest BCUT2D eigenvalue weighted by molar-refractivity contribution is 0.0474. The van der Waals surface area contributed by atoms with Crippen LogP contribution in [0.15, 0.2) is 48.5 Å². The molecule has 0 bridgehead atoms. The number of carbonyl (C=O) groups excluding carboxylic acids is 1. The first kappa shape index (κ1) is 16.0. The number of ether oxygens (including phenoxy) is 2. The molecule has 1 spiro atoms. The summed E-state index contributed by atoms with van der Waals surface area (Å²) in [6.07, 6.45) is 1.72. The maximum atomic E-state index is 12.8. The first-order chi connectivity index (χ1) is 12.2. The van der Waals surface area contributed by atoms with Crippen molar-refractivity contribution in [3.63, 3.8) is 0 Å². The second-order valence-corrected chi connectivity index (χ2v) is 6.71. The van der Waals surface area contributed by atoms with E-state index in [0.717, 1.165) is 37.2 Å². The molecular formula is C20H22N2O3.